The number of hydrogen-bond donors (Lipinski definition) is 2. The number of benzene rings is 1. The Morgan fingerprint density at radius 3 is 2.66 bits per heavy atom. The number of aromatic amines is 1. The second kappa shape index (κ2) is 8.44. The van der Waals surface area contributed by atoms with Gasteiger partial charge in [0, 0.05) is 11.0 Å². The van der Waals surface area contributed by atoms with E-state index in [2.05, 4.69) is 50.9 Å². The van der Waals surface area contributed by atoms with Crippen molar-refractivity contribution in [2.75, 3.05) is 0 Å². The van der Waals surface area contributed by atoms with Crippen molar-refractivity contribution in [2.24, 2.45) is 5.92 Å². The second-order valence-electron chi connectivity index (χ2n) is 8.52. The molecule has 1 aliphatic carbocycles. The first-order valence-electron chi connectivity index (χ1n) is 10.5. The van der Waals surface area contributed by atoms with Gasteiger partial charge in [-0.05, 0) is 44.7 Å². The van der Waals surface area contributed by atoms with Crippen molar-refractivity contribution in [3.05, 3.63) is 47.3 Å². The monoisotopic (exact) mass is 416 g/mol. The molecule has 158 valence electrons. The molecule has 3 rings (SSSR count). The van der Waals surface area contributed by atoms with Gasteiger partial charge in [0.2, 0.25) is 0 Å². The van der Waals surface area contributed by atoms with Crippen LogP contribution in [0.3, 0.4) is 0 Å². The summed E-state index contributed by atoms with van der Waals surface area (Å²) >= 11 is 0. The Kier molecular flexibility index (Phi) is 6.34. The summed E-state index contributed by atoms with van der Waals surface area (Å²) in [6, 6.07) is 3.22. The smallest absolute Gasteiger partial charge is 0.294 e. The van der Waals surface area contributed by atoms with Crippen LogP contribution >= 0.6 is 0 Å². The van der Waals surface area contributed by atoms with Gasteiger partial charge in [0.25, 0.3) is 10.1 Å². The van der Waals surface area contributed by atoms with Gasteiger partial charge < -0.3 is 4.98 Å². The highest BCUT2D eigenvalue weighted by molar-refractivity contribution is 7.85. The molecule has 1 heterocycles. The molecule has 0 fully saturated rings. The summed E-state index contributed by atoms with van der Waals surface area (Å²) in [5, 5.41) is 0. The predicted octanol–water partition coefficient (Wildman–Crippen LogP) is 5.73. The zero-order valence-corrected chi connectivity index (χ0v) is 18.6. The van der Waals surface area contributed by atoms with Crippen LogP contribution in [0.1, 0.15) is 71.2 Å². The van der Waals surface area contributed by atoms with Gasteiger partial charge in [-0.2, -0.15) is 8.42 Å². The van der Waals surface area contributed by atoms with Crippen molar-refractivity contribution >= 4 is 21.2 Å². The number of fused-ring (bicyclic) bond motifs is 1. The Hall–Kier alpha value is -1.92. The van der Waals surface area contributed by atoms with Gasteiger partial charge in [0.15, 0.2) is 0 Å². The topological polar surface area (TPSA) is 83.0 Å². The van der Waals surface area contributed by atoms with E-state index in [1.807, 2.05) is 0 Å². The molecule has 5 nitrogen and oxygen atoms in total. The van der Waals surface area contributed by atoms with Gasteiger partial charge >= 0.3 is 0 Å². The molecule has 0 amide bonds. The largest absolute Gasteiger partial charge is 0.341 e. The van der Waals surface area contributed by atoms with Crippen LogP contribution in [0.5, 0.6) is 0 Å². The lowest BCUT2D eigenvalue weighted by molar-refractivity contribution is 0.444. The molecule has 1 aromatic carbocycles. The van der Waals surface area contributed by atoms with Crippen LogP contribution in [0.15, 0.2) is 40.8 Å². The molecule has 0 aliphatic heterocycles. The SMILES string of the molecule is CCCCC(CC)Cc1c(S(=O)(=O)O)ccc2[nH]c(C3(C)C=CC(C)=CC3)nc12. The molecule has 0 spiro atoms. The maximum Gasteiger partial charge on any atom is 0.294 e. The van der Waals surface area contributed by atoms with Gasteiger partial charge in [-0.25, -0.2) is 4.98 Å². The highest BCUT2D eigenvalue weighted by Crippen LogP contribution is 2.35. The summed E-state index contributed by atoms with van der Waals surface area (Å²) in [4.78, 5) is 8.25. The first-order valence-corrected chi connectivity index (χ1v) is 12.0. The number of allylic oxidation sites excluding steroid dienone is 4. The van der Waals surface area contributed by atoms with E-state index in [0.29, 0.717) is 23.4 Å². The summed E-state index contributed by atoms with van der Waals surface area (Å²) in [6.07, 6.45) is 12.1. The van der Waals surface area contributed by atoms with Crippen LogP contribution in [0.2, 0.25) is 0 Å². The van der Waals surface area contributed by atoms with E-state index in [0.717, 1.165) is 43.4 Å². The Balaban J connectivity index is 2.10. The average Bonchev–Trinajstić information content (AvgIpc) is 3.12. The molecular weight excluding hydrogens is 384 g/mol. The number of unbranched alkanes of at least 4 members (excludes halogenated alkanes) is 1. The number of rotatable bonds is 8. The maximum absolute atomic E-state index is 12.1. The van der Waals surface area contributed by atoms with Gasteiger partial charge in [-0.1, -0.05) is 63.3 Å². The lowest BCUT2D eigenvalue weighted by atomic mass is 9.81. The molecule has 0 bridgehead atoms. The molecule has 6 heteroatoms. The molecular formula is C23H32N2O3S. The summed E-state index contributed by atoms with van der Waals surface area (Å²) in [7, 11) is -4.31. The summed E-state index contributed by atoms with van der Waals surface area (Å²) < 4.78 is 34.0. The van der Waals surface area contributed by atoms with Crippen molar-refractivity contribution in [3.63, 3.8) is 0 Å². The lowest BCUT2D eigenvalue weighted by Crippen LogP contribution is -2.21. The molecule has 1 aliphatic rings. The fraction of sp³-hybridized carbons (Fsp3) is 0.522. The number of nitrogens with one attached hydrogen (secondary N) is 1. The van der Waals surface area contributed by atoms with Gasteiger partial charge in [-0.15, -0.1) is 0 Å². The van der Waals surface area contributed by atoms with Gasteiger partial charge in [0.05, 0.1) is 15.9 Å². The number of aromatic nitrogens is 2. The zero-order valence-electron chi connectivity index (χ0n) is 17.8. The molecule has 2 atom stereocenters. The quantitative estimate of drug-likeness (QED) is 0.538. The maximum atomic E-state index is 12.1. The van der Waals surface area contributed by atoms with E-state index in [9.17, 15) is 13.0 Å². The Bertz CT molecular complexity index is 1050. The molecule has 1 aromatic heterocycles. The molecule has 0 saturated carbocycles. The van der Waals surface area contributed by atoms with Crippen LogP contribution in [0.4, 0.5) is 0 Å². The number of nitrogens with zero attached hydrogens (tertiary/aromatic N) is 1. The molecule has 0 radical (unpaired) electrons. The number of imidazole rings is 1. The predicted molar refractivity (Wildman–Crippen MR) is 118 cm³/mol. The summed E-state index contributed by atoms with van der Waals surface area (Å²) in [5.41, 5.74) is 3.07. The minimum atomic E-state index is -4.31. The molecule has 29 heavy (non-hydrogen) atoms. The highest BCUT2D eigenvalue weighted by atomic mass is 32.2. The molecule has 2 aromatic rings. The number of H-pyrrole nitrogens is 1. The third-order valence-electron chi connectivity index (χ3n) is 6.13. The zero-order chi connectivity index (χ0) is 21.2. The van der Waals surface area contributed by atoms with Crippen LogP contribution in [0, 0.1) is 5.92 Å². The van der Waals surface area contributed by atoms with Gasteiger partial charge in [-0.3, -0.25) is 4.55 Å². The first kappa shape index (κ1) is 21.8. The van der Waals surface area contributed by atoms with E-state index < -0.39 is 10.1 Å². The van der Waals surface area contributed by atoms with Crippen LogP contribution in [-0.4, -0.2) is 22.9 Å². The third kappa shape index (κ3) is 4.64. The normalized spacial score (nSPS) is 20.8. The standard InChI is InChI=1S/C23H32N2O3S/c1-5-7-8-17(6-2)15-18-20(29(26,27)28)10-9-19-21(18)25-22(24-19)23(4)13-11-16(3)12-14-23/h9-13,17H,5-8,14-15H2,1-4H3,(H,24,25)(H,26,27,28). The Labute approximate surface area is 174 Å². The lowest BCUT2D eigenvalue weighted by Gasteiger charge is -2.25. The van der Waals surface area contributed by atoms with Crippen molar-refractivity contribution < 1.29 is 13.0 Å². The Morgan fingerprint density at radius 2 is 2.07 bits per heavy atom. The average molecular weight is 417 g/mol. The Morgan fingerprint density at radius 1 is 1.31 bits per heavy atom. The molecule has 2 unspecified atom stereocenters. The van der Waals surface area contributed by atoms with E-state index in [-0.39, 0.29) is 10.3 Å². The first-order chi connectivity index (χ1) is 13.7. The van der Waals surface area contributed by atoms with Crippen LogP contribution in [-0.2, 0) is 22.0 Å². The van der Waals surface area contributed by atoms with E-state index >= 15 is 0 Å². The minimum Gasteiger partial charge on any atom is -0.341 e. The second-order valence-corrected chi connectivity index (χ2v) is 9.91. The van der Waals surface area contributed by atoms with Gasteiger partial charge in [0.1, 0.15) is 5.82 Å². The summed E-state index contributed by atoms with van der Waals surface area (Å²) in [5.74, 6) is 1.18. The molecule has 0 saturated heterocycles. The van der Waals surface area contributed by atoms with Crippen LogP contribution in [0.25, 0.3) is 11.0 Å². The van der Waals surface area contributed by atoms with Crippen molar-refractivity contribution in [2.45, 2.75) is 76.5 Å². The van der Waals surface area contributed by atoms with Crippen molar-refractivity contribution in [1.82, 2.24) is 9.97 Å². The molecule has 2 N–H and O–H groups in total. The minimum absolute atomic E-state index is 0.0157. The van der Waals surface area contributed by atoms with E-state index in [1.54, 1.807) is 6.07 Å². The van der Waals surface area contributed by atoms with E-state index in [1.165, 1.54) is 11.6 Å². The van der Waals surface area contributed by atoms with Crippen LogP contribution < -0.4 is 0 Å². The fourth-order valence-electron chi connectivity index (χ4n) is 4.06. The summed E-state index contributed by atoms with van der Waals surface area (Å²) in [6.45, 7) is 8.49. The number of hydrogen-bond acceptors (Lipinski definition) is 3. The van der Waals surface area contributed by atoms with Crippen molar-refractivity contribution in [1.29, 1.82) is 0 Å². The highest BCUT2D eigenvalue weighted by Gasteiger charge is 2.30. The third-order valence-corrected chi connectivity index (χ3v) is 7.07. The van der Waals surface area contributed by atoms with E-state index in [4.69, 9.17) is 4.98 Å². The van der Waals surface area contributed by atoms with Crippen molar-refractivity contribution in [3.8, 4) is 0 Å². The fourth-order valence-corrected chi connectivity index (χ4v) is 4.79.